The summed E-state index contributed by atoms with van der Waals surface area (Å²) in [5, 5.41) is 12.0. The van der Waals surface area contributed by atoms with Gasteiger partial charge in [0.05, 0.1) is 5.52 Å². The molecule has 22 heavy (non-hydrogen) atoms. The second kappa shape index (κ2) is 5.04. The van der Waals surface area contributed by atoms with Gasteiger partial charge >= 0.3 is 0 Å². The smallest absolute Gasteiger partial charge is 0.125 e. The van der Waals surface area contributed by atoms with Gasteiger partial charge in [-0.15, -0.1) is 0 Å². The third-order valence-corrected chi connectivity index (χ3v) is 3.84. The van der Waals surface area contributed by atoms with Crippen LogP contribution >= 0.6 is 0 Å². The zero-order valence-electron chi connectivity index (χ0n) is 11.8. The van der Waals surface area contributed by atoms with Gasteiger partial charge in [-0.05, 0) is 29.8 Å². The van der Waals surface area contributed by atoms with Crippen molar-refractivity contribution in [3.8, 4) is 5.75 Å². The number of nitrogens with one attached hydrogen (secondary N) is 1. The third-order valence-electron chi connectivity index (χ3n) is 3.84. The molecule has 0 radical (unpaired) electrons. The van der Waals surface area contributed by atoms with Crippen molar-refractivity contribution in [2.24, 2.45) is 0 Å². The number of fused-ring (bicyclic) bond motifs is 2. The van der Waals surface area contributed by atoms with Crippen LogP contribution in [0, 0.1) is 0 Å². The molecule has 0 fully saturated rings. The van der Waals surface area contributed by atoms with Crippen LogP contribution in [0.5, 0.6) is 5.75 Å². The Morgan fingerprint density at radius 3 is 2.73 bits per heavy atom. The predicted octanol–water partition coefficient (Wildman–Crippen LogP) is 4.59. The monoisotopic (exact) mass is 286 g/mol. The van der Waals surface area contributed by atoms with Gasteiger partial charge in [-0.3, -0.25) is 4.98 Å². The summed E-state index contributed by atoms with van der Waals surface area (Å²) in [4.78, 5) is 7.55. The number of phenols is 1. The van der Waals surface area contributed by atoms with Crippen LogP contribution < -0.4 is 0 Å². The number of H-pyrrole nitrogens is 1. The molecule has 4 aromatic rings. The highest BCUT2D eigenvalue weighted by Gasteiger charge is 2.05. The van der Waals surface area contributed by atoms with Gasteiger partial charge in [0, 0.05) is 34.2 Å². The van der Waals surface area contributed by atoms with Gasteiger partial charge in [0.25, 0.3) is 0 Å². The van der Waals surface area contributed by atoms with E-state index in [0.29, 0.717) is 0 Å². The Kier molecular flexibility index (Phi) is 2.90. The van der Waals surface area contributed by atoms with Crippen molar-refractivity contribution >= 4 is 34.0 Å². The zero-order valence-corrected chi connectivity index (χ0v) is 11.8. The first kappa shape index (κ1) is 12.7. The summed E-state index contributed by atoms with van der Waals surface area (Å²) in [5.41, 5.74) is 3.98. The van der Waals surface area contributed by atoms with E-state index in [9.17, 15) is 5.11 Å². The molecule has 0 aliphatic rings. The second-order valence-corrected chi connectivity index (χ2v) is 5.19. The van der Waals surface area contributed by atoms with E-state index in [-0.39, 0.29) is 5.75 Å². The van der Waals surface area contributed by atoms with Crippen molar-refractivity contribution in [1.29, 1.82) is 0 Å². The van der Waals surface area contributed by atoms with Crippen LogP contribution in [0.3, 0.4) is 0 Å². The van der Waals surface area contributed by atoms with Gasteiger partial charge in [-0.2, -0.15) is 0 Å². The largest absolute Gasteiger partial charge is 0.507 e. The van der Waals surface area contributed by atoms with E-state index in [1.54, 1.807) is 6.07 Å². The second-order valence-electron chi connectivity index (χ2n) is 5.19. The quantitative estimate of drug-likeness (QED) is 0.566. The highest BCUT2D eigenvalue weighted by molar-refractivity contribution is 5.97. The van der Waals surface area contributed by atoms with Crippen LogP contribution in [-0.2, 0) is 0 Å². The number of hydrogen-bond acceptors (Lipinski definition) is 2. The van der Waals surface area contributed by atoms with Crippen molar-refractivity contribution in [2.75, 3.05) is 0 Å². The number of aromatic nitrogens is 2. The Morgan fingerprint density at radius 2 is 1.77 bits per heavy atom. The lowest BCUT2D eigenvalue weighted by molar-refractivity contribution is 0.481. The highest BCUT2D eigenvalue weighted by Crippen LogP contribution is 2.29. The van der Waals surface area contributed by atoms with Gasteiger partial charge in [-0.25, -0.2) is 0 Å². The molecule has 0 aliphatic heterocycles. The molecule has 0 bridgehead atoms. The number of phenolic OH excluding ortho intramolecular Hbond substituents is 1. The van der Waals surface area contributed by atoms with Crippen LogP contribution in [0.25, 0.3) is 34.0 Å². The molecule has 2 heterocycles. The summed E-state index contributed by atoms with van der Waals surface area (Å²) in [7, 11) is 0. The van der Waals surface area contributed by atoms with Crippen molar-refractivity contribution in [3.05, 3.63) is 72.1 Å². The fourth-order valence-electron chi connectivity index (χ4n) is 2.77. The Bertz CT molecular complexity index is 993. The van der Waals surface area contributed by atoms with Gasteiger partial charge in [0.15, 0.2) is 0 Å². The van der Waals surface area contributed by atoms with Crippen molar-refractivity contribution < 1.29 is 5.11 Å². The van der Waals surface area contributed by atoms with E-state index in [1.165, 1.54) is 0 Å². The SMILES string of the molecule is Oc1cccc2[nH]cc(/C=C/c3ccnc4ccccc34)c12. The Balaban J connectivity index is 1.83. The van der Waals surface area contributed by atoms with Gasteiger partial charge in [-0.1, -0.05) is 36.4 Å². The molecule has 0 aliphatic carbocycles. The summed E-state index contributed by atoms with van der Waals surface area (Å²) < 4.78 is 0. The third kappa shape index (κ3) is 2.04. The summed E-state index contributed by atoms with van der Waals surface area (Å²) in [6.45, 7) is 0. The molecular weight excluding hydrogens is 272 g/mol. The Morgan fingerprint density at radius 1 is 0.909 bits per heavy atom. The molecule has 0 amide bonds. The van der Waals surface area contributed by atoms with E-state index in [2.05, 4.69) is 22.1 Å². The minimum absolute atomic E-state index is 0.290. The van der Waals surface area contributed by atoms with E-state index >= 15 is 0 Å². The molecule has 0 atom stereocenters. The van der Waals surface area contributed by atoms with E-state index < -0.39 is 0 Å². The maximum absolute atomic E-state index is 10.0. The zero-order chi connectivity index (χ0) is 14.9. The summed E-state index contributed by atoms with van der Waals surface area (Å²) in [6.07, 6.45) is 7.79. The van der Waals surface area contributed by atoms with Crippen LogP contribution in [0.1, 0.15) is 11.1 Å². The molecule has 3 nitrogen and oxygen atoms in total. The number of pyridine rings is 1. The molecule has 0 spiro atoms. The molecule has 2 N–H and O–H groups in total. The summed E-state index contributed by atoms with van der Waals surface area (Å²) in [6, 6.07) is 15.5. The Labute approximate surface area is 127 Å². The number of rotatable bonds is 2. The number of nitrogens with zero attached hydrogens (tertiary/aromatic N) is 1. The van der Waals surface area contributed by atoms with Crippen molar-refractivity contribution in [3.63, 3.8) is 0 Å². The van der Waals surface area contributed by atoms with E-state index in [4.69, 9.17) is 0 Å². The lowest BCUT2D eigenvalue weighted by Gasteiger charge is -2.01. The molecule has 0 saturated heterocycles. The topological polar surface area (TPSA) is 48.9 Å². The van der Waals surface area contributed by atoms with Crippen molar-refractivity contribution in [1.82, 2.24) is 9.97 Å². The number of benzene rings is 2. The lowest BCUT2D eigenvalue weighted by Crippen LogP contribution is -1.81. The normalized spacial score (nSPS) is 11.6. The average Bonchev–Trinajstić information content (AvgIpc) is 2.97. The molecule has 3 heteroatoms. The van der Waals surface area contributed by atoms with Crippen LogP contribution in [0.2, 0.25) is 0 Å². The van der Waals surface area contributed by atoms with E-state index in [1.807, 2.05) is 54.9 Å². The van der Waals surface area contributed by atoms with Crippen LogP contribution in [0.15, 0.2) is 60.9 Å². The number of aromatic amines is 1. The lowest BCUT2D eigenvalue weighted by atomic mass is 10.1. The molecule has 0 unspecified atom stereocenters. The minimum Gasteiger partial charge on any atom is -0.507 e. The molecule has 2 aromatic heterocycles. The first-order valence-corrected chi connectivity index (χ1v) is 7.14. The standard InChI is InChI=1S/C19H14N2O/c22-18-7-3-6-17-19(18)14(12-21-17)9-8-13-10-11-20-16-5-2-1-4-15(13)16/h1-12,21-22H/b9-8+. The maximum atomic E-state index is 10.0. The highest BCUT2D eigenvalue weighted by atomic mass is 16.3. The van der Waals surface area contributed by atoms with Gasteiger partial charge in [0.2, 0.25) is 0 Å². The van der Waals surface area contributed by atoms with Crippen LogP contribution in [-0.4, -0.2) is 15.1 Å². The fourth-order valence-corrected chi connectivity index (χ4v) is 2.77. The molecule has 0 saturated carbocycles. The summed E-state index contributed by atoms with van der Waals surface area (Å²) in [5.74, 6) is 0.290. The maximum Gasteiger partial charge on any atom is 0.125 e. The van der Waals surface area contributed by atoms with Crippen molar-refractivity contribution in [2.45, 2.75) is 0 Å². The minimum atomic E-state index is 0.290. The average molecular weight is 286 g/mol. The fraction of sp³-hybridized carbons (Fsp3) is 0. The number of para-hydroxylation sites is 1. The van der Waals surface area contributed by atoms with Crippen LogP contribution in [0.4, 0.5) is 0 Å². The molecule has 106 valence electrons. The predicted molar refractivity (Wildman–Crippen MR) is 90.6 cm³/mol. The van der Waals surface area contributed by atoms with Gasteiger partial charge in [0.1, 0.15) is 5.75 Å². The molecule has 2 aromatic carbocycles. The number of hydrogen-bond donors (Lipinski definition) is 2. The van der Waals surface area contributed by atoms with E-state index in [0.717, 1.165) is 32.9 Å². The first-order chi connectivity index (χ1) is 10.8. The molecule has 4 rings (SSSR count). The number of aromatic hydroxyl groups is 1. The first-order valence-electron chi connectivity index (χ1n) is 7.14. The summed E-state index contributed by atoms with van der Waals surface area (Å²) >= 11 is 0. The molecular formula is C19H14N2O. The van der Waals surface area contributed by atoms with Gasteiger partial charge < -0.3 is 10.1 Å². The Hall–Kier alpha value is -3.07.